The minimum absolute atomic E-state index is 0.323. The van der Waals surface area contributed by atoms with Crippen LogP contribution in [-0.2, 0) is 11.2 Å². The van der Waals surface area contributed by atoms with Crippen molar-refractivity contribution < 1.29 is 4.79 Å². The quantitative estimate of drug-likeness (QED) is 0.854. The predicted molar refractivity (Wildman–Crippen MR) is 73.7 cm³/mol. The number of rotatable bonds is 5. The maximum atomic E-state index is 12.0. The molecular weight excluding hydrogens is 224 g/mol. The van der Waals surface area contributed by atoms with Gasteiger partial charge in [-0.1, -0.05) is 30.3 Å². The maximum Gasteiger partial charge on any atom is 0.151 e. The van der Waals surface area contributed by atoms with E-state index in [0.29, 0.717) is 24.8 Å². The summed E-state index contributed by atoms with van der Waals surface area (Å²) in [6.07, 6.45) is 2.86. The van der Waals surface area contributed by atoms with Gasteiger partial charge in [0.1, 0.15) is 0 Å². The van der Waals surface area contributed by atoms with E-state index < -0.39 is 0 Å². The molecule has 0 unspecified atom stereocenters. The molecule has 1 aromatic rings. The number of nitrogens with zero attached hydrogens (tertiary/aromatic N) is 1. The lowest BCUT2D eigenvalue weighted by atomic mass is 10.0. The number of benzene rings is 1. The number of carbonyl (C=O) groups is 1. The third kappa shape index (κ3) is 3.93. The van der Waals surface area contributed by atoms with Crippen molar-refractivity contribution in [3.63, 3.8) is 0 Å². The normalized spacial score (nSPS) is 17.8. The van der Waals surface area contributed by atoms with Crippen molar-refractivity contribution in [2.45, 2.75) is 25.3 Å². The highest BCUT2D eigenvalue weighted by Crippen LogP contribution is 2.10. The summed E-state index contributed by atoms with van der Waals surface area (Å²) >= 11 is 0. The van der Waals surface area contributed by atoms with Crippen molar-refractivity contribution >= 4 is 5.78 Å². The summed E-state index contributed by atoms with van der Waals surface area (Å²) in [5.41, 5.74) is 1.12. The van der Waals surface area contributed by atoms with Gasteiger partial charge in [0, 0.05) is 25.6 Å². The van der Waals surface area contributed by atoms with Gasteiger partial charge in [-0.2, -0.15) is 0 Å². The summed E-state index contributed by atoms with van der Waals surface area (Å²) in [4.78, 5) is 14.3. The lowest BCUT2D eigenvalue weighted by Gasteiger charge is -2.31. The van der Waals surface area contributed by atoms with Gasteiger partial charge in [-0.25, -0.2) is 0 Å². The van der Waals surface area contributed by atoms with E-state index in [4.69, 9.17) is 0 Å². The van der Waals surface area contributed by atoms with E-state index >= 15 is 0 Å². The van der Waals surface area contributed by atoms with Crippen LogP contribution in [0.5, 0.6) is 0 Å². The van der Waals surface area contributed by atoms with Crippen LogP contribution < -0.4 is 5.32 Å². The zero-order valence-electron chi connectivity index (χ0n) is 11.1. The Balaban J connectivity index is 1.75. The van der Waals surface area contributed by atoms with Crippen molar-refractivity contribution in [1.29, 1.82) is 0 Å². The summed E-state index contributed by atoms with van der Waals surface area (Å²) in [5, 5.41) is 3.31. The maximum absolute atomic E-state index is 12.0. The SMILES string of the molecule is CNC1CCN(CC(=O)Cc2ccccc2)CC1. The number of hydrogen-bond acceptors (Lipinski definition) is 3. The topological polar surface area (TPSA) is 32.3 Å². The summed E-state index contributed by atoms with van der Waals surface area (Å²) in [6.45, 7) is 2.67. The van der Waals surface area contributed by atoms with Crippen molar-refractivity contribution in [3.05, 3.63) is 35.9 Å². The Labute approximate surface area is 109 Å². The smallest absolute Gasteiger partial charge is 0.151 e. The molecule has 1 aliphatic heterocycles. The molecule has 1 aliphatic rings. The van der Waals surface area contributed by atoms with Crippen molar-refractivity contribution in [2.24, 2.45) is 0 Å². The third-order valence-electron chi connectivity index (χ3n) is 3.64. The number of likely N-dealkylation sites (tertiary alicyclic amines) is 1. The molecule has 18 heavy (non-hydrogen) atoms. The monoisotopic (exact) mass is 246 g/mol. The Bertz CT molecular complexity index is 369. The summed E-state index contributed by atoms with van der Waals surface area (Å²) in [7, 11) is 2.01. The van der Waals surface area contributed by atoms with E-state index in [1.165, 1.54) is 0 Å². The number of ketones is 1. The Kier molecular flexibility index (Phi) is 4.90. The highest BCUT2D eigenvalue weighted by atomic mass is 16.1. The molecule has 98 valence electrons. The minimum Gasteiger partial charge on any atom is -0.317 e. The molecule has 3 nitrogen and oxygen atoms in total. The first-order valence-corrected chi connectivity index (χ1v) is 6.73. The van der Waals surface area contributed by atoms with E-state index in [1.54, 1.807) is 0 Å². The van der Waals surface area contributed by atoms with Gasteiger partial charge in [-0.05, 0) is 25.5 Å². The second-order valence-corrected chi connectivity index (χ2v) is 5.04. The van der Waals surface area contributed by atoms with Crippen molar-refractivity contribution in [1.82, 2.24) is 10.2 Å². The molecule has 3 heteroatoms. The highest BCUT2D eigenvalue weighted by molar-refractivity contribution is 5.82. The van der Waals surface area contributed by atoms with Crippen LogP contribution in [0, 0.1) is 0 Å². The van der Waals surface area contributed by atoms with Gasteiger partial charge < -0.3 is 5.32 Å². The van der Waals surface area contributed by atoms with Crippen molar-refractivity contribution in [3.8, 4) is 0 Å². The van der Waals surface area contributed by atoms with Gasteiger partial charge in [0.25, 0.3) is 0 Å². The number of carbonyl (C=O) groups excluding carboxylic acids is 1. The Hall–Kier alpha value is -1.19. The van der Waals surface area contributed by atoms with Gasteiger partial charge in [0.2, 0.25) is 0 Å². The van der Waals surface area contributed by atoms with Crippen LogP contribution in [0.25, 0.3) is 0 Å². The second kappa shape index (κ2) is 6.66. The predicted octanol–water partition coefficient (Wildman–Crippen LogP) is 1.48. The van der Waals surface area contributed by atoms with Crippen LogP contribution in [0.4, 0.5) is 0 Å². The molecule has 0 amide bonds. The van der Waals surface area contributed by atoms with E-state index in [0.717, 1.165) is 31.5 Å². The van der Waals surface area contributed by atoms with Crippen molar-refractivity contribution in [2.75, 3.05) is 26.7 Å². The van der Waals surface area contributed by atoms with E-state index in [1.807, 2.05) is 37.4 Å². The largest absolute Gasteiger partial charge is 0.317 e. The Morgan fingerprint density at radius 2 is 1.94 bits per heavy atom. The molecule has 2 rings (SSSR count). The first kappa shape index (κ1) is 13.2. The highest BCUT2D eigenvalue weighted by Gasteiger charge is 2.19. The van der Waals surface area contributed by atoms with Gasteiger partial charge >= 0.3 is 0 Å². The summed E-state index contributed by atoms with van der Waals surface area (Å²) in [5.74, 6) is 0.323. The first-order valence-electron chi connectivity index (χ1n) is 6.73. The van der Waals surface area contributed by atoms with Crippen LogP contribution in [0.1, 0.15) is 18.4 Å². The van der Waals surface area contributed by atoms with Gasteiger partial charge in [0.15, 0.2) is 5.78 Å². The van der Waals surface area contributed by atoms with Crippen LogP contribution >= 0.6 is 0 Å². The molecule has 0 aliphatic carbocycles. The molecule has 1 aromatic carbocycles. The third-order valence-corrected chi connectivity index (χ3v) is 3.64. The molecule has 0 radical (unpaired) electrons. The van der Waals surface area contributed by atoms with Gasteiger partial charge in [-0.15, -0.1) is 0 Å². The van der Waals surface area contributed by atoms with Crippen LogP contribution in [-0.4, -0.2) is 43.4 Å². The molecular formula is C15H22N2O. The zero-order chi connectivity index (χ0) is 12.8. The second-order valence-electron chi connectivity index (χ2n) is 5.04. The lowest BCUT2D eigenvalue weighted by molar-refractivity contribution is -0.119. The fourth-order valence-electron chi connectivity index (χ4n) is 2.51. The molecule has 0 atom stereocenters. The molecule has 1 heterocycles. The van der Waals surface area contributed by atoms with E-state index in [9.17, 15) is 4.79 Å². The van der Waals surface area contributed by atoms with Gasteiger partial charge in [0.05, 0.1) is 6.54 Å². The van der Waals surface area contributed by atoms with Gasteiger partial charge in [-0.3, -0.25) is 9.69 Å². The summed E-state index contributed by atoms with van der Waals surface area (Å²) < 4.78 is 0. The average Bonchev–Trinajstić information content (AvgIpc) is 2.40. The molecule has 0 spiro atoms. The first-order chi connectivity index (χ1) is 8.78. The Morgan fingerprint density at radius 1 is 1.28 bits per heavy atom. The number of hydrogen-bond donors (Lipinski definition) is 1. The Morgan fingerprint density at radius 3 is 2.56 bits per heavy atom. The number of nitrogens with one attached hydrogen (secondary N) is 1. The fourth-order valence-corrected chi connectivity index (χ4v) is 2.51. The molecule has 0 saturated carbocycles. The average molecular weight is 246 g/mol. The zero-order valence-corrected chi connectivity index (χ0v) is 11.1. The van der Waals surface area contributed by atoms with Crippen LogP contribution in [0.3, 0.4) is 0 Å². The molecule has 1 fully saturated rings. The van der Waals surface area contributed by atoms with E-state index in [-0.39, 0.29) is 0 Å². The summed E-state index contributed by atoms with van der Waals surface area (Å²) in [6, 6.07) is 10.6. The molecule has 0 aromatic heterocycles. The number of Topliss-reactive ketones (excluding diaryl/α,β-unsaturated/α-hetero) is 1. The molecule has 1 saturated heterocycles. The molecule has 1 N–H and O–H groups in total. The standard InChI is InChI=1S/C15H22N2O/c1-16-14-7-9-17(10-8-14)12-15(18)11-13-5-3-2-4-6-13/h2-6,14,16H,7-12H2,1H3. The molecule has 0 bridgehead atoms. The van der Waals surface area contributed by atoms with E-state index in [2.05, 4.69) is 10.2 Å². The minimum atomic E-state index is 0.323. The number of piperidine rings is 1. The van der Waals surface area contributed by atoms with Crippen LogP contribution in [0.2, 0.25) is 0 Å². The fraction of sp³-hybridized carbons (Fsp3) is 0.533. The lowest BCUT2D eigenvalue weighted by Crippen LogP contribution is -2.43. The van der Waals surface area contributed by atoms with Crippen LogP contribution in [0.15, 0.2) is 30.3 Å².